The molecule has 0 aliphatic heterocycles. The fraction of sp³-hybridized carbons (Fsp3) is 0.222. The van der Waals surface area contributed by atoms with Crippen LogP contribution in [0.2, 0.25) is 0 Å². The number of hydrogen-bond donors (Lipinski definition) is 0. The van der Waals surface area contributed by atoms with Crippen LogP contribution in [0.3, 0.4) is 0 Å². The summed E-state index contributed by atoms with van der Waals surface area (Å²) in [7, 11) is 1.95. The van der Waals surface area contributed by atoms with Gasteiger partial charge in [-0.15, -0.1) is 0 Å². The summed E-state index contributed by atoms with van der Waals surface area (Å²) in [6, 6.07) is 6.33. The van der Waals surface area contributed by atoms with E-state index in [1.165, 1.54) is 10.9 Å². The molecular weight excluding hydrogens is 296 g/mol. The number of fused-ring (bicyclic) bond motifs is 1. The average Bonchev–Trinajstić information content (AvgIpc) is 2.42. The third kappa shape index (κ3) is 1.53. The minimum atomic E-state index is 0.879. The molecule has 1 aromatic heterocycles. The van der Waals surface area contributed by atoms with Gasteiger partial charge in [0.15, 0.2) is 0 Å². The van der Waals surface area contributed by atoms with E-state index in [4.69, 9.17) is 0 Å². The summed E-state index contributed by atoms with van der Waals surface area (Å²) in [6.07, 6.45) is 0. The summed E-state index contributed by atoms with van der Waals surface area (Å²) in [6.45, 7) is 0. The van der Waals surface area contributed by atoms with E-state index in [9.17, 15) is 0 Å². The molecule has 13 heavy (non-hydrogen) atoms. The Morgan fingerprint density at radius 3 is 2.92 bits per heavy atom. The van der Waals surface area contributed by atoms with Gasteiger partial charge in [-0.2, -0.15) is 5.10 Å². The number of benzene rings is 1. The summed E-state index contributed by atoms with van der Waals surface area (Å²) in [5.41, 5.74) is 2.41. The number of hydrogen-bond acceptors (Lipinski definition) is 1. The molecule has 0 fully saturated rings. The Balaban J connectivity index is 2.76. The van der Waals surface area contributed by atoms with Gasteiger partial charge < -0.3 is 0 Å². The van der Waals surface area contributed by atoms with E-state index < -0.39 is 0 Å². The quantitative estimate of drug-likeness (QED) is 0.740. The van der Waals surface area contributed by atoms with Gasteiger partial charge >= 0.3 is 0 Å². The molecule has 0 unspecified atom stereocenters. The number of aromatic nitrogens is 2. The van der Waals surface area contributed by atoms with Crippen LogP contribution in [0.15, 0.2) is 22.8 Å². The van der Waals surface area contributed by atoms with Gasteiger partial charge in [0.1, 0.15) is 4.60 Å². The van der Waals surface area contributed by atoms with Crippen molar-refractivity contribution in [3.8, 4) is 0 Å². The summed E-state index contributed by atoms with van der Waals surface area (Å²) >= 11 is 6.87. The highest BCUT2D eigenvalue weighted by Gasteiger charge is 2.05. The first-order valence-electron chi connectivity index (χ1n) is 3.89. The highest BCUT2D eigenvalue weighted by Crippen LogP contribution is 2.24. The molecule has 0 spiro atoms. The van der Waals surface area contributed by atoms with Gasteiger partial charge in [0.25, 0.3) is 0 Å². The second-order valence-corrected chi connectivity index (χ2v) is 4.21. The Hall–Kier alpha value is -0.350. The number of nitrogens with zero attached hydrogens (tertiary/aromatic N) is 2. The van der Waals surface area contributed by atoms with Crippen molar-refractivity contribution in [3.63, 3.8) is 0 Å². The Morgan fingerprint density at radius 2 is 2.23 bits per heavy atom. The van der Waals surface area contributed by atoms with Crippen LogP contribution in [-0.4, -0.2) is 9.78 Å². The third-order valence-corrected chi connectivity index (χ3v) is 3.26. The van der Waals surface area contributed by atoms with Crippen molar-refractivity contribution in [1.82, 2.24) is 9.78 Å². The van der Waals surface area contributed by atoms with Crippen LogP contribution in [-0.2, 0) is 12.4 Å². The summed E-state index contributed by atoms with van der Waals surface area (Å²) in [5, 5.41) is 6.33. The minimum absolute atomic E-state index is 0.879. The zero-order valence-corrected chi connectivity index (χ0v) is 10.3. The van der Waals surface area contributed by atoms with Crippen molar-refractivity contribution in [1.29, 1.82) is 0 Å². The van der Waals surface area contributed by atoms with Crippen LogP contribution in [0.1, 0.15) is 5.56 Å². The highest BCUT2D eigenvalue weighted by atomic mass is 79.9. The lowest BCUT2D eigenvalue weighted by atomic mass is 10.2. The molecule has 0 aliphatic rings. The maximum atomic E-state index is 4.28. The Morgan fingerprint density at radius 1 is 1.46 bits per heavy atom. The molecule has 1 aromatic carbocycles. The van der Waals surface area contributed by atoms with E-state index in [-0.39, 0.29) is 0 Å². The topological polar surface area (TPSA) is 17.8 Å². The van der Waals surface area contributed by atoms with Gasteiger partial charge in [-0.1, -0.05) is 22.0 Å². The molecule has 0 saturated carbocycles. The van der Waals surface area contributed by atoms with Crippen molar-refractivity contribution in [3.05, 3.63) is 28.4 Å². The maximum Gasteiger partial charge on any atom is 0.135 e. The zero-order valence-electron chi connectivity index (χ0n) is 7.09. The summed E-state index contributed by atoms with van der Waals surface area (Å²) < 4.78 is 2.78. The van der Waals surface area contributed by atoms with Gasteiger partial charge in [0, 0.05) is 17.8 Å². The first kappa shape index (κ1) is 9.21. The van der Waals surface area contributed by atoms with E-state index in [1.807, 2.05) is 11.7 Å². The monoisotopic (exact) mass is 302 g/mol. The van der Waals surface area contributed by atoms with Crippen LogP contribution in [0, 0.1) is 0 Å². The Kier molecular flexibility index (Phi) is 2.43. The average molecular weight is 304 g/mol. The van der Waals surface area contributed by atoms with E-state index in [0.717, 1.165) is 15.4 Å². The minimum Gasteiger partial charge on any atom is -0.267 e. The van der Waals surface area contributed by atoms with Gasteiger partial charge in [0.2, 0.25) is 0 Å². The molecule has 2 aromatic rings. The molecule has 0 N–H and O–H groups in total. The lowest BCUT2D eigenvalue weighted by Gasteiger charge is -1.96. The second kappa shape index (κ2) is 3.42. The Labute approximate surface area is 93.2 Å². The van der Waals surface area contributed by atoms with Crippen LogP contribution in [0.4, 0.5) is 0 Å². The van der Waals surface area contributed by atoms with E-state index >= 15 is 0 Å². The molecule has 68 valence electrons. The molecule has 4 heteroatoms. The SMILES string of the molecule is Cn1nc(Br)c2cc(CBr)ccc21. The smallest absolute Gasteiger partial charge is 0.135 e. The van der Waals surface area contributed by atoms with E-state index in [2.05, 4.69) is 55.2 Å². The predicted molar refractivity (Wildman–Crippen MR) is 61.0 cm³/mol. The van der Waals surface area contributed by atoms with Crippen molar-refractivity contribution >= 4 is 42.8 Å². The molecule has 0 atom stereocenters. The fourth-order valence-corrected chi connectivity index (χ4v) is 2.26. The third-order valence-electron chi connectivity index (χ3n) is 2.02. The number of halogens is 2. The molecular formula is C9H8Br2N2. The van der Waals surface area contributed by atoms with Crippen molar-refractivity contribution in [2.45, 2.75) is 5.33 Å². The normalized spacial score (nSPS) is 11.0. The molecule has 0 radical (unpaired) electrons. The molecule has 0 amide bonds. The lowest BCUT2D eigenvalue weighted by molar-refractivity contribution is 0.788. The van der Waals surface area contributed by atoms with Crippen LogP contribution < -0.4 is 0 Å². The maximum absolute atomic E-state index is 4.28. The van der Waals surface area contributed by atoms with Crippen molar-refractivity contribution < 1.29 is 0 Å². The molecule has 2 rings (SSSR count). The van der Waals surface area contributed by atoms with Gasteiger partial charge in [-0.3, -0.25) is 4.68 Å². The zero-order chi connectivity index (χ0) is 9.42. The van der Waals surface area contributed by atoms with Gasteiger partial charge in [-0.05, 0) is 33.6 Å². The number of aryl methyl sites for hydroxylation is 1. The largest absolute Gasteiger partial charge is 0.267 e. The van der Waals surface area contributed by atoms with Crippen LogP contribution in [0.25, 0.3) is 10.9 Å². The van der Waals surface area contributed by atoms with Crippen molar-refractivity contribution in [2.75, 3.05) is 0 Å². The molecule has 0 aliphatic carbocycles. The predicted octanol–water partition coefficient (Wildman–Crippen LogP) is 3.23. The van der Waals surface area contributed by atoms with Gasteiger partial charge in [-0.25, -0.2) is 0 Å². The molecule has 0 saturated heterocycles. The fourth-order valence-electron chi connectivity index (χ4n) is 1.35. The van der Waals surface area contributed by atoms with Crippen molar-refractivity contribution in [2.24, 2.45) is 7.05 Å². The standard InChI is InChI=1S/C9H8Br2N2/c1-13-8-3-2-6(5-10)4-7(8)9(11)12-13/h2-4H,5H2,1H3. The van der Waals surface area contributed by atoms with Crippen LogP contribution in [0.5, 0.6) is 0 Å². The van der Waals surface area contributed by atoms with Crippen LogP contribution >= 0.6 is 31.9 Å². The van der Waals surface area contributed by atoms with Gasteiger partial charge in [0.05, 0.1) is 5.52 Å². The summed E-state index contributed by atoms with van der Waals surface area (Å²) in [5.74, 6) is 0. The molecule has 0 bridgehead atoms. The first-order chi connectivity index (χ1) is 6.22. The van der Waals surface area contributed by atoms with E-state index in [1.54, 1.807) is 0 Å². The first-order valence-corrected chi connectivity index (χ1v) is 5.81. The Bertz CT molecular complexity index is 448. The lowest BCUT2D eigenvalue weighted by Crippen LogP contribution is -1.88. The summed E-state index contributed by atoms with van der Waals surface area (Å²) in [4.78, 5) is 0. The second-order valence-electron chi connectivity index (χ2n) is 2.90. The number of alkyl halides is 1. The highest BCUT2D eigenvalue weighted by molar-refractivity contribution is 9.10. The molecule has 2 nitrogen and oxygen atoms in total. The van der Waals surface area contributed by atoms with E-state index in [0.29, 0.717) is 0 Å². The number of rotatable bonds is 1. The molecule has 1 heterocycles.